The Labute approximate surface area is 129 Å². The Morgan fingerprint density at radius 3 is 2.67 bits per heavy atom. The predicted octanol–water partition coefficient (Wildman–Crippen LogP) is 3.39. The first-order valence-corrected chi connectivity index (χ1v) is 7.84. The maximum Gasteiger partial charge on any atom is 0.318 e. The number of amides is 2. The maximum absolute atomic E-state index is 12.4. The molecule has 2 aromatic heterocycles. The standard InChI is InChI=1S/C15H20N4OS/c1-4-13(12-5-7-16-8-6-12)19(3)15(20)18-11(2)14-17-9-10-21-14/h5-11,13H,4H2,1-3H3,(H,18,20)/t11-,13+/m0/s1. The fourth-order valence-electron chi connectivity index (χ4n) is 2.26. The van der Waals surface area contributed by atoms with Gasteiger partial charge in [-0.3, -0.25) is 4.98 Å². The molecule has 21 heavy (non-hydrogen) atoms. The second kappa shape index (κ2) is 7.17. The van der Waals surface area contributed by atoms with Crippen LogP contribution in [0.2, 0.25) is 0 Å². The summed E-state index contributed by atoms with van der Waals surface area (Å²) in [6.07, 6.45) is 6.10. The van der Waals surface area contributed by atoms with Gasteiger partial charge in [0.15, 0.2) is 0 Å². The largest absolute Gasteiger partial charge is 0.329 e. The van der Waals surface area contributed by atoms with Crippen molar-refractivity contribution in [2.24, 2.45) is 0 Å². The van der Waals surface area contributed by atoms with E-state index >= 15 is 0 Å². The van der Waals surface area contributed by atoms with Gasteiger partial charge in [-0.05, 0) is 31.0 Å². The second-order valence-corrected chi connectivity index (χ2v) is 5.78. The zero-order valence-corrected chi connectivity index (χ0v) is 13.3. The number of carbonyl (C=O) groups is 1. The lowest BCUT2D eigenvalue weighted by atomic mass is 10.1. The topological polar surface area (TPSA) is 58.1 Å². The summed E-state index contributed by atoms with van der Waals surface area (Å²) in [5.41, 5.74) is 1.09. The first-order valence-electron chi connectivity index (χ1n) is 6.96. The third kappa shape index (κ3) is 3.78. The number of urea groups is 1. The van der Waals surface area contributed by atoms with Gasteiger partial charge in [-0.15, -0.1) is 11.3 Å². The molecule has 1 N–H and O–H groups in total. The Hall–Kier alpha value is -1.95. The molecule has 2 rings (SSSR count). The van der Waals surface area contributed by atoms with Gasteiger partial charge in [-0.2, -0.15) is 0 Å². The summed E-state index contributed by atoms with van der Waals surface area (Å²) >= 11 is 1.54. The number of aromatic nitrogens is 2. The summed E-state index contributed by atoms with van der Waals surface area (Å²) in [6.45, 7) is 4.01. The van der Waals surface area contributed by atoms with Crippen LogP contribution < -0.4 is 5.32 Å². The molecule has 0 aliphatic carbocycles. The van der Waals surface area contributed by atoms with Crippen molar-refractivity contribution >= 4 is 17.4 Å². The van der Waals surface area contributed by atoms with Gasteiger partial charge < -0.3 is 10.2 Å². The lowest BCUT2D eigenvalue weighted by molar-refractivity contribution is 0.185. The van der Waals surface area contributed by atoms with Crippen LogP contribution >= 0.6 is 11.3 Å². The van der Waals surface area contributed by atoms with Gasteiger partial charge in [0, 0.05) is 31.0 Å². The average Bonchev–Trinajstić information content (AvgIpc) is 3.03. The monoisotopic (exact) mass is 304 g/mol. The zero-order valence-electron chi connectivity index (χ0n) is 12.5. The molecule has 112 valence electrons. The van der Waals surface area contributed by atoms with Crippen molar-refractivity contribution in [3.05, 3.63) is 46.7 Å². The Morgan fingerprint density at radius 2 is 2.10 bits per heavy atom. The fourth-order valence-corrected chi connectivity index (χ4v) is 2.90. The van der Waals surface area contributed by atoms with E-state index in [0.29, 0.717) is 0 Å². The maximum atomic E-state index is 12.4. The molecule has 5 nitrogen and oxygen atoms in total. The second-order valence-electron chi connectivity index (χ2n) is 4.86. The van der Waals surface area contributed by atoms with Crippen molar-refractivity contribution in [2.45, 2.75) is 32.4 Å². The zero-order chi connectivity index (χ0) is 15.2. The number of nitrogens with one attached hydrogen (secondary N) is 1. The van der Waals surface area contributed by atoms with Crippen LogP contribution in [0, 0.1) is 0 Å². The normalized spacial score (nSPS) is 13.5. The highest BCUT2D eigenvalue weighted by molar-refractivity contribution is 7.09. The molecule has 0 fully saturated rings. The lowest BCUT2D eigenvalue weighted by Gasteiger charge is -2.28. The Kier molecular flexibility index (Phi) is 5.27. The van der Waals surface area contributed by atoms with E-state index in [4.69, 9.17) is 0 Å². The smallest absolute Gasteiger partial charge is 0.318 e. The van der Waals surface area contributed by atoms with Crippen LogP contribution in [0.3, 0.4) is 0 Å². The molecule has 0 spiro atoms. The van der Waals surface area contributed by atoms with Gasteiger partial charge in [0.1, 0.15) is 5.01 Å². The van der Waals surface area contributed by atoms with Crippen LogP contribution in [0.25, 0.3) is 0 Å². The van der Waals surface area contributed by atoms with E-state index in [9.17, 15) is 4.79 Å². The fraction of sp³-hybridized carbons (Fsp3) is 0.400. The molecule has 2 heterocycles. The van der Waals surface area contributed by atoms with Crippen LogP contribution in [0.1, 0.15) is 42.9 Å². The van der Waals surface area contributed by atoms with Crippen LogP contribution in [-0.2, 0) is 0 Å². The molecule has 0 saturated heterocycles. The summed E-state index contributed by atoms with van der Waals surface area (Å²) in [5.74, 6) is 0. The van der Waals surface area contributed by atoms with Crippen molar-refractivity contribution in [3.63, 3.8) is 0 Å². The average molecular weight is 304 g/mol. The number of rotatable bonds is 5. The van der Waals surface area contributed by atoms with E-state index in [0.717, 1.165) is 17.0 Å². The van der Waals surface area contributed by atoms with E-state index in [1.54, 1.807) is 34.8 Å². The molecular weight excluding hydrogens is 284 g/mol. The van der Waals surface area contributed by atoms with Crippen molar-refractivity contribution < 1.29 is 4.79 Å². The first-order chi connectivity index (χ1) is 10.1. The van der Waals surface area contributed by atoms with Crippen LogP contribution in [0.4, 0.5) is 4.79 Å². The third-order valence-electron chi connectivity index (χ3n) is 3.43. The number of hydrogen-bond acceptors (Lipinski definition) is 4. The number of nitrogens with zero attached hydrogens (tertiary/aromatic N) is 3. The molecule has 2 aromatic rings. The summed E-state index contributed by atoms with van der Waals surface area (Å²) in [5, 5.41) is 5.81. The molecule has 0 bridgehead atoms. The molecule has 6 heteroatoms. The van der Waals surface area contributed by atoms with Gasteiger partial charge in [0.25, 0.3) is 0 Å². The van der Waals surface area contributed by atoms with E-state index < -0.39 is 0 Å². The molecule has 2 atom stereocenters. The van der Waals surface area contributed by atoms with Gasteiger partial charge >= 0.3 is 6.03 Å². The summed E-state index contributed by atoms with van der Waals surface area (Å²) < 4.78 is 0. The van der Waals surface area contributed by atoms with Gasteiger partial charge in [-0.25, -0.2) is 9.78 Å². The SMILES string of the molecule is CC[C@H](c1ccncc1)N(C)C(=O)N[C@@H](C)c1nccs1. The highest BCUT2D eigenvalue weighted by atomic mass is 32.1. The molecule has 0 radical (unpaired) electrons. The summed E-state index contributed by atoms with van der Waals surface area (Å²) in [7, 11) is 1.82. The highest BCUT2D eigenvalue weighted by Crippen LogP contribution is 2.23. The first kappa shape index (κ1) is 15.4. The van der Waals surface area contributed by atoms with Crippen molar-refractivity contribution in [3.8, 4) is 0 Å². The van der Waals surface area contributed by atoms with E-state index in [1.165, 1.54) is 0 Å². The number of carbonyl (C=O) groups excluding carboxylic acids is 1. The van der Waals surface area contributed by atoms with Crippen molar-refractivity contribution in [1.82, 2.24) is 20.2 Å². The number of thiazole rings is 1. The summed E-state index contributed by atoms with van der Waals surface area (Å²) in [6, 6.07) is 3.75. The van der Waals surface area contributed by atoms with Gasteiger partial charge in [-0.1, -0.05) is 6.92 Å². The minimum atomic E-state index is -0.0960. The minimum absolute atomic E-state index is 0.0384. The predicted molar refractivity (Wildman–Crippen MR) is 84.1 cm³/mol. The van der Waals surface area contributed by atoms with Crippen LogP contribution in [-0.4, -0.2) is 27.9 Å². The van der Waals surface area contributed by atoms with E-state index in [1.807, 2.05) is 31.5 Å². The Balaban J connectivity index is 2.04. The quantitative estimate of drug-likeness (QED) is 0.921. The molecule has 0 aliphatic heterocycles. The lowest BCUT2D eigenvalue weighted by Crippen LogP contribution is -2.40. The van der Waals surface area contributed by atoms with E-state index in [2.05, 4.69) is 22.2 Å². The highest BCUT2D eigenvalue weighted by Gasteiger charge is 2.22. The molecule has 0 aromatic carbocycles. The number of hydrogen-bond donors (Lipinski definition) is 1. The third-order valence-corrected chi connectivity index (χ3v) is 4.39. The van der Waals surface area contributed by atoms with Crippen LogP contribution in [0.15, 0.2) is 36.1 Å². The Bertz CT molecular complexity index is 558. The molecule has 2 amide bonds. The number of pyridine rings is 1. The Morgan fingerprint density at radius 1 is 1.38 bits per heavy atom. The van der Waals surface area contributed by atoms with Gasteiger partial charge in [0.05, 0.1) is 12.1 Å². The minimum Gasteiger partial charge on any atom is -0.329 e. The van der Waals surface area contributed by atoms with Gasteiger partial charge in [0.2, 0.25) is 0 Å². The van der Waals surface area contributed by atoms with Crippen LogP contribution in [0.5, 0.6) is 0 Å². The van der Waals surface area contributed by atoms with E-state index in [-0.39, 0.29) is 18.1 Å². The van der Waals surface area contributed by atoms with Crippen molar-refractivity contribution in [1.29, 1.82) is 0 Å². The summed E-state index contributed by atoms with van der Waals surface area (Å²) in [4.78, 5) is 22.4. The van der Waals surface area contributed by atoms with Crippen molar-refractivity contribution in [2.75, 3.05) is 7.05 Å². The molecule has 0 saturated carbocycles. The molecule has 0 unspecified atom stereocenters. The molecule has 0 aliphatic rings. The molecular formula is C15H20N4OS.